The van der Waals surface area contributed by atoms with Crippen molar-refractivity contribution < 1.29 is 31.5 Å². The maximum Gasteiger partial charge on any atom is 0.264 e. The van der Waals surface area contributed by atoms with Gasteiger partial charge < -0.3 is 15.0 Å². The van der Waals surface area contributed by atoms with Crippen molar-refractivity contribution in [2.24, 2.45) is 0 Å². The van der Waals surface area contributed by atoms with Crippen LogP contribution in [0.5, 0.6) is 5.75 Å². The first-order valence-electron chi connectivity index (χ1n) is 14.5. The van der Waals surface area contributed by atoms with Crippen molar-refractivity contribution in [3.63, 3.8) is 0 Å². The van der Waals surface area contributed by atoms with E-state index >= 15 is 0 Å². The van der Waals surface area contributed by atoms with Gasteiger partial charge in [-0.2, -0.15) is 0 Å². The fraction of sp³-hybridized carbons (Fsp3) is 0.375. The minimum Gasteiger partial charge on any atom is -0.494 e. The molecule has 1 fully saturated rings. The molecular weight excluding hydrogens is 576 g/mol. The molecule has 0 aliphatic heterocycles. The summed E-state index contributed by atoms with van der Waals surface area (Å²) < 4.78 is 61.7. The average Bonchev–Trinajstić information content (AvgIpc) is 3.50. The van der Waals surface area contributed by atoms with E-state index in [9.17, 15) is 26.8 Å². The van der Waals surface area contributed by atoms with Crippen LogP contribution in [0.3, 0.4) is 0 Å². The van der Waals surface area contributed by atoms with E-state index in [0.717, 1.165) is 42.1 Å². The molecule has 4 rings (SSSR count). The Bertz CT molecular complexity index is 1480. The van der Waals surface area contributed by atoms with Crippen molar-refractivity contribution >= 4 is 27.5 Å². The van der Waals surface area contributed by atoms with E-state index in [1.165, 1.54) is 65.6 Å². The van der Waals surface area contributed by atoms with Crippen LogP contribution in [-0.4, -0.2) is 50.4 Å². The van der Waals surface area contributed by atoms with Gasteiger partial charge >= 0.3 is 0 Å². The van der Waals surface area contributed by atoms with Crippen LogP contribution in [0.4, 0.5) is 14.5 Å². The predicted octanol–water partition coefficient (Wildman–Crippen LogP) is 5.43. The van der Waals surface area contributed by atoms with Gasteiger partial charge in [-0.05, 0) is 92.4 Å². The first-order valence-corrected chi connectivity index (χ1v) is 15.9. The molecule has 230 valence electrons. The molecule has 8 nitrogen and oxygen atoms in total. The lowest BCUT2D eigenvalue weighted by Crippen LogP contribution is -2.53. The molecule has 1 aliphatic carbocycles. The second kappa shape index (κ2) is 14.5. The number of carbonyl (C=O) groups is 2. The largest absolute Gasteiger partial charge is 0.494 e. The van der Waals surface area contributed by atoms with Crippen molar-refractivity contribution in [2.45, 2.75) is 69.5 Å². The third kappa shape index (κ3) is 8.10. The summed E-state index contributed by atoms with van der Waals surface area (Å²) in [6.07, 6.45) is 4.00. The minimum absolute atomic E-state index is 0.0140. The number of hydrogen-bond donors (Lipinski definition) is 1. The van der Waals surface area contributed by atoms with Crippen molar-refractivity contribution in [3.8, 4) is 5.75 Å². The summed E-state index contributed by atoms with van der Waals surface area (Å²) in [7, 11) is -4.32. The molecule has 0 spiro atoms. The number of sulfonamides is 1. The van der Waals surface area contributed by atoms with Crippen molar-refractivity contribution in [1.29, 1.82) is 0 Å². The molecule has 0 aromatic heterocycles. The fourth-order valence-electron chi connectivity index (χ4n) is 5.21. The molecule has 1 saturated carbocycles. The number of hydrogen-bond acceptors (Lipinski definition) is 5. The van der Waals surface area contributed by atoms with Crippen molar-refractivity contribution in [1.82, 2.24) is 10.2 Å². The SMILES string of the molecule is CCOc1ccc(S(=O)(=O)N(CC(=O)N(Cc2ccc(F)cc2)[C@@H](CC)C(=O)NC2CCCC2)c2ccc(F)cc2)cc1. The smallest absolute Gasteiger partial charge is 0.264 e. The maximum absolute atomic E-state index is 14.1. The van der Waals surface area contributed by atoms with Gasteiger partial charge in [-0.1, -0.05) is 31.9 Å². The lowest BCUT2D eigenvalue weighted by Gasteiger charge is -2.33. The van der Waals surface area contributed by atoms with Crippen LogP contribution in [0.25, 0.3) is 0 Å². The second-order valence-electron chi connectivity index (χ2n) is 10.5. The molecule has 3 aromatic carbocycles. The molecule has 1 atom stereocenters. The van der Waals surface area contributed by atoms with Gasteiger partial charge in [0.25, 0.3) is 10.0 Å². The number of halogens is 2. The van der Waals surface area contributed by atoms with Crippen molar-refractivity contribution in [2.75, 3.05) is 17.5 Å². The summed E-state index contributed by atoms with van der Waals surface area (Å²) in [5.74, 6) is -1.50. The number of benzene rings is 3. The number of anilines is 1. The summed E-state index contributed by atoms with van der Waals surface area (Å²) >= 11 is 0. The molecule has 2 amide bonds. The summed E-state index contributed by atoms with van der Waals surface area (Å²) in [4.78, 5) is 28.8. The van der Waals surface area contributed by atoms with E-state index in [1.54, 1.807) is 6.92 Å². The van der Waals surface area contributed by atoms with Crippen LogP contribution >= 0.6 is 0 Å². The van der Waals surface area contributed by atoms with Crippen LogP contribution in [0.2, 0.25) is 0 Å². The average molecular weight is 614 g/mol. The minimum atomic E-state index is -4.32. The third-order valence-corrected chi connectivity index (χ3v) is 9.26. The first kappa shape index (κ1) is 31.9. The number of ether oxygens (including phenoxy) is 1. The first-order chi connectivity index (χ1) is 20.6. The zero-order chi connectivity index (χ0) is 31.0. The van der Waals surface area contributed by atoms with Crippen LogP contribution in [0, 0.1) is 11.6 Å². The summed E-state index contributed by atoms with van der Waals surface area (Å²) in [5, 5.41) is 3.04. The Morgan fingerprint density at radius 3 is 2.05 bits per heavy atom. The van der Waals surface area contributed by atoms with Crippen molar-refractivity contribution in [3.05, 3.63) is 90.0 Å². The Morgan fingerprint density at radius 2 is 1.49 bits per heavy atom. The van der Waals surface area contributed by atoms with Gasteiger partial charge in [-0.25, -0.2) is 17.2 Å². The number of nitrogens with zero attached hydrogens (tertiary/aromatic N) is 2. The fourth-order valence-corrected chi connectivity index (χ4v) is 6.63. The Hall–Kier alpha value is -3.99. The number of nitrogens with one attached hydrogen (secondary N) is 1. The van der Waals surface area contributed by atoms with E-state index in [4.69, 9.17) is 4.74 Å². The van der Waals surface area contributed by atoms with E-state index in [2.05, 4.69) is 5.32 Å². The van der Waals surface area contributed by atoms with E-state index in [0.29, 0.717) is 17.9 Å². The van der Waals surface area contributed by atoms with Gasteiger partial charge in [0.15, 0.2) is 0 Å². The van der Waals surface area contributed by atoms with Gasteiger partial charge in [-0.15, -0.1) is 0 Å². The van der Waals surface area contributed by atoms with Gasteiger partial charge in [0.05, 0.1) is 17.2 Å². The number of amides is 2. The molecule has 0 bridgehead atoms. The zero-order valence-corrected chi connectivity index (χ0v) is 25.2. The number of rotatable bonds is 13. The Kier molecular flexibility index (Phi) is 10.7. The van der Waals surface area contributed by atoms with Gasteiger partial charge in [0.2, 0.25) is 11.8 Å². The molecule has 0 unspecified atom stereocenters. The van der Waals surface area contributed by atoms with Gasteiger partial charge in [0, 0.05) is 12.6 Å². The number of carbonyl (C=O) groups excluding carboxylic acids is 2. The summed E-state index contributed by atoms with van der Waals surface area (Å²) in [5.41, 5.74) is 0.651. The molecule has 0 radical (unpaired) electrons. The van der Waals surface area contributed by atoms with Crippen LogP contribution in [0.15, 0.2) is 77.7 Å². The van der Waals surface area contributed by atoms with E-state index < -0.39 is 40.2 Å². The van der Waals surface area contributed by atoms with Gasteiger partial charge in [-0.3, -0.25) is 13.9 Å². The molecule has 0 heterocycles. The highest BCUT2D eigenvalue weighted by atomic mass is 32.2. The highest BCUT2D eigenvalue weighted by Crippen LogP contribution is 2.27. The molecule has 11 heteroatoms. The maximum atomic E-state index is 14.1. The Balaban J connectivity index is 1.70. The van der Waals surface area contributed by atoms with E-state index in [1.807, 2.05) is 6.92 Å². The van der Waals surface area contributed by atoms with Crippen LogP contribution < -0.4 is 14.4 Å². The quantitative estimate of drug-likeness (QED) is 0.278. The van der Waals surface area contributed by atoms with E-state index in [-0.39, 0.29) is 35.5 Å². The topological polar surface area (TPSA) is 96.0 Å². The Labute approximate surface area is 251 Å². The van der Waals surface area contributed by atoms with Gasteiger partial charge in [0.1, 0.15) is 30.0 Å². The molecule has 43 heavy (non-hydrogen) atoms. The highest BCUT2D eigenvalue weighted by Gasteiger charge is 2.34. The molecule has 0 saturated heterocycles. The third-order valence-electron chi connectivity index (χ3n) is 7.47. The summed E-state index contributed by atoms with van der Waals surface area (Å²) in [6.45, 7) is 3.28. The zero-order valence-electron chi connectivity index (χ0n) is 24.3. The Morgan fingerprint density at radius 1 is 0.907 bits per heavy atom. The lowest BCUT2D eigenvalue weighted by molar-refractivity contribution is -0.140. The predicted molar refractivity (Wildman–Crippen MR) is 160 cm³/mol. The molecular formula is C32H37F2N3O5S. The van der Waals surface area contributed by atoms with Crippen LogP contribution in [-0.2, 0) is 26.2 Å². The van der Waals surface area contributed by atoms with Crippen LogP contribution in [0.1, 0.15) is 51.5 Å². The second-order valence-corrected chi connectivity index (χ2v) is 12.3. The lowest BCUT2D eigenvalue weighted by atomic mass is 10.1. The molecule has 3 aromatic rings. The normalized spacial score (nSPS) is 14.2. The molecule has 1 N–H and O–H groups in total. The summed E-state index contributed by atoms with van der Waals surface area (Å²) in [6, 6.07) is 15.2. The monoisotopic (exact) mass is 613 g/mol. The standard InChI is InChI=1S/C32H37F2N3O5S/c1-3-30(32(39)35-26-7-5-6-8-26)36(21-23-9-11-24(33)12-10-23)31(38)22-37(27-15-13-25(34)14-16-27)43(40,41)29-19-17-28(18-20-29)42-4-2/h9-20,26,30H,3-8,21-22H2,1-2H3,(H,35,39)/t30-/m0/s1. The molecule has 1 aliphatic rings. The highest BCUT2D eigenvalue weighted by molar-refractivity contribution is 7.92.